The number of nitrogens with two attached hydrogens (primary N) is 1. The number of fused-ring (bicyclic) bond motifs is 3. The molecule has 0 amide bonds. The van der Waals surface area contributed by atoms with Gasteiger partial charge in [0.2, 0.25) is 5.69 Å². The molecule has 12 unspecified atom stereocenters. The van der Waals surface area contributed by atoms with E-state index in [4.69, 9.17) is 67.4 Å². The van der Waals surface area contributed by atoms with E-state index < -0.39 is 17.4 Å². The first-order valence-corrected chi connectivity index (χ1v) is 23.0. The Morgan fingerprint density at radius 1 is 0.636 bits per heavy atom. The number of aromatic nitrogens is 1. The number of hydrogen-bond acceptors (Lipinski definition) is 18. The van der Waals surface area contributed by atoms with Gasteiger partial charge in [0, 0.05) is 14.0 Å². The zero-order chi connectivity index (χ0) is 48.0. The zero-order valence-corrected chi connectivity index (χ0v) is 39.6. The summed E-state index contributed by atoms with van der Waals surface area (Å²) >= 11 is 0. The van der Waals surface area contributed by atoms with Gasteiger partial charge >= 0.3 is 0 Å². The van der Waals surface area contributed by atoms with Crippen LogP contribution in [0.5, 0.6) is 5.75 Å². The quantitative estimate of drug-likeness (QED) is 0.122. The van der Waals surface area contributed by atoms with Gasteiger partial charge in [0.1, 0.15) is 86.1 Å². The number of ether oxygens (including phenoxy) is 9. The Hall–Kier alpha value is -3.38. The molecule has 6 saturated heterocycles. The fourth-order valence-corrected chi connectivity index (χ4v) is 9.12. The smallest absolute Gasteiger partial charge is 0.207 e. The summed E-state index contributed by atoms with van der Waals surface area (Å²) in [4.78, 5) is 9.96. The average molecular weight is 936 g/mol. The van der Waals surface area contributed by atoms with Crippen LogP contribution in [0, 0.1) is 0 Å². The predicted molar refractivity (Wildman–Crippen MR) is 233 cm³/mol. The monoisotopic (exact) mass is 935 g/mol. The molecule has 6 fully saturated rings. The van der Waals surface area contributed by atoms with Crippen molar-refractivity contribution in [2.75, 3.05) is 6.54 Å². The van der Waals surface area contributed by atoms with E-state index in [1.54, 1.807) is 22.8 Å². The Kier molecular flexibility index (Phi) is 17.6. The van der Waals surface area contributed by atoms with E-state index in [-0.39, 0.29) is 106 Å². The number of rotatable bonds is 13. The van der Waals surface area contributed by atoms with Crippen LogP contribution in [-0.4, -0.2) is 119 Å². The molecule has 3 aromatic rings. The molecule has 6 aliphatic heterocycles. The Bertz CT molecular complexity index is 1980. The predicted octanol–water partition coefficient (Wildman–Crippen LogP) is 3.23. The van der Waals surface area contributed by atoms with Crippen LogP contribution in [0.2, 0.25) is 0 Å². The summed E-state index contributed by atoms with van der Waals surface area (Å²) in [5.74, 6) is 0.220. The number of pyridine rings is 1. The highest BCUT2D eigenvalue weighted by molar-refractivity contribution is 5.70. The van der Waals surface area contributed by atoms with Crippen LogP contribution in [0.25, 0.3) is 0 Å². The first-order chi connectivity index (χ1) is 31.4. The van der Waals surface area contributed by atoms with E-state index in [0.717, 1.165) is 25.0 Å². The van der Waals surface area contributed by atoms with Gasteiger partial charge in [-0.15, -0.1) is 0 Å². The number of carbonyl (C=O) groups excluding carboxylic acids is 1. The van der Waals surface area contributed by atoms with Gasteiger partial charge in [0.15, 0.2) is 42.1 Å². The maximum absolute atomic E-state index is 11.6. The highest BCUT2D eigenvalue weighted by atomic mass is 16.8. The van der Waals surface area contributed by atoms with Crippen molar-refractivity contribution in [2.45, 2.75) is 205 Å². The van der Waals surface area contributed by atoms with Crippen molar-refractivity contribution < 1.29 is 82.7 Å². The van der Waals surface area contributed by atoms with E-state index in [9.17, 15) is 15.0 Å². The summed E-state index contributed by atoms with van der Waals surface area (Å²) in [6, 6.07) is 9.78. The maximum atomic E-state index is 11.6. The van der Waals surface area contributed by atoms with Crippen LogP contribution in [0.4, 0.5) is 0 Å². The molecule has 0 spiro atoms. The number of carbonyl (C=O) groups is 1. The Morgan fingerprint density at radius 3 is 1.59 bits per heavy atom. The molecule has 19 nitrogen and oxygen atoms in total. The second-order valence-electron chi connectivity index (χ2n) is 18.3. The minimum Gasteiger partial charge on any atom is -0.868 e. The highest BCUT2D eigenvalue weighted by Crippen LogP contribution is 2.41. The van der Waals surface area contributed by atoms with Crippen LogP contribution in [0.3, 0.4) is 0 Å². The molecule has 12 atom stereocenters. The molecule has 6 N–H and O–H groups in total. The normalized spacial score (nSPS) is 32.9. The molecule has 9 heterocycles. The first kappa shape index (κ1) is 52.0. The number of aliphatic hydroxyl groups excluding tert-OH is 3. The molecule has 3 aromatic heterocycles. The second kappa shape index (κ2) is 22.4. The molecule has 0 saturated carbocycles. The number of nitrogens with zero attached hydrogens (tertiary/aromatic N) is 1. The molecular formula is C47H73N3O16. The fourth-order valence-electron chi connectivity index (χ4n) is 9.12. The lowest BCUT2D eigenvalue weighted by Gasteiger charge is -2.24. The molecule has 372 valence electrons. The van der Waals surface area contributed by atoms with Gasteiger partial charge in [0.05, 0.1) is 31.0 Å². The van der Waals surface area contributed by atoms with Gasteiger partial charge < -0.3 is 77.6 Å². The average Bonchev–Trinajstić information content (AvgIpc) is 4.17. The van der Waals surface area contributed by atoms with Crippen molar-refractivity contribution in [3.8, 4) is 5.75 Å². The topological polar surface area (TPSA) is 252 Å². The summed E-state index contributed by atoms with van der Waals surface area (Å²) in [6.07, 6.45) is 4.18. The molecular weight excluding hydrogens is 863 g/mol. The summed E-state index contributed by atoms with van der Waals surface area (Å²) < 4.78 is 65.2. The summed E-state index contributed by atoms with van der Waals surface area (Å²) in [7, 11) is 0. The lowest BCUT2D eigenvalue weighted by atomic mass is 10.1. The SMILES string of the molecule is CCC1OC(CN)C2OC(C)(C)OC12.CCC1OC(C[n+]2cc([O-])ccc2CO)C2OC(C)(C)OC12.CCC1OC(NCc2ccc(CO)o2)C2OC(C)(C)OC12.O=Cc1ccc(CO)o1.[HH]. The largest absolute Gasteiger partial charge is 0.868 e. The first-order valence-electron chi connectivity index (χ1n) is 23.0. The third kappa shape index (κ3) is 12.6. The van der Waals surface area contributed by atoms with Gasteiger partial charge in [-0.25, -0.2) is 0 Å². The molecule has 0 aromatic carbocycles. The van der Waals surface area contributed by atoms with E-state index >= 15 is 0 Å². The van der Waals surface area contributed by atoms with Gasteiger partial charge in [0.25, 0.3) is 0 Å². The molecule has 66 heavy (non-hydrogen) atoms. The van der Waals surface area contributed by atoms with Gasteiger partial charge in [-0.2, -0.15) is 4.57 Å². The summed E-state index contributed by atoms with van der Waals surface area (Å²) in [5, 5.41) is 41.8. The van der Waals surface area contributed by atoms with E-state index in [1.165, 1.54) is 18.3 Å². The van der Waals surface area contributed by atoms with Gasteiger partial charge in [-0.3, -0.25) is 10.1 Å². The van der Waals surface area contributed by atoms with Crippen LogP contribution in [0.1, 0.15) is 117 Å². The van der Waals surface area contributed by atoms with Crippen molar-refractivity contribution >= 4 is 6.29 Å². The Labute approximate surface area is 388 Å². The number of furan rings is 2. The van der Waals surface area contributed by atoms with E-state index in [0.29, 0.717) is 43.1 Å². The standard InChI is InChI=1S/C16H23NO5.C15H23NO5.C10H19NO3.C6H6O3.H2/c1-4-12-14-15(22-16(2,3)21-14)13(20-12)8-17-7-11(19)6-5-10(17)9-18;1-4-11-12-13(21-15(2,3)20-12)14(19-11)16-7-9-5-6-10(8-17)18-9;1-4-6-8-9(7(5-11)12-6)14-10(2,3)13-8;7-3-5-1-2-6(4-8)9-5;/h5-7,12-15,18H,4,8-9H2,1-3H3;5-6,11-14,16-17H,4,7-8H2,1-3H3;6-9H,4-5,11H2,1-3H3;1-3,8H,4H2;1H. The maximum Gasteiger partial charge on any atom is 0.207 e. The molecule has 9 rings (SSSR count). The number of hydrogen-bond donors (Lipinski definition) is 5. The molecule has 19 heteroatoms. The molecule has 0 aliphatic carbocycles. The second-order valence-corrected chi connectivity index (χ2v) is 18.3. The summed E-state index contributed by atoms with van der Waals surface area (Å²) in [6.45, 7) is 18.9. The van der Waals surface area contributed by atoms with Crippen molar-refractivity contribution in [3.63, 3.8) is 0 Å². The Balaban J connectivity index is 0.000000174. The molecule has 0 radical (unpaired) electrons. The van der Waals surface area contributed by atoms with Crippen molar-refractivity contribution in [3.05, 3.63) is 71.3 Å². The van der Waals surface area contributed by atoms with Crippen molar-refractivity contribution in [1.29, 1.82) is 0 Å². The van der Waals surface area contributed by atoms with Crippen LogP contribution in [-0.2, 0) is 75.5 Å². The third-order valence-electron chi connectivity index (χ3n) is 12.0. The van der Waals surface area contributed by atoms with Crippen molar-refractivity contribution in [1.82, 2.24) is 5.32 Å². The number of nitrogens with one attached hydrogen (secondary N) is 1. The van der Waals surface area contributed by atoms with E-state index in [1.807, 2.05) is 47.6 Å². The molecule has 0 bridgehead atoms. The number of aldehydes is 1. The third-order valence-corrected chi connectivity index (χ3v) is 12.0. The highest BCUT2D eigenvalue weighted by Gasteiger charge is 2.57. The zero-order valence-electron chi connectivity index (χ0n) is 39.6. The van der Waals surface area contributed by atoms with Crippen molar-refractivity contribution in [2.24, 2.45) is 5.73 Å². The van der Waals surface area contributed by atoms with Gasteiger partial charge in [-0.1, -0.05) is 26.8 Å². The Morgan fingerprint density at radius 2 is 1.11 bits per heavy atom. The van der Waals surface area contributed by atoms with E-state index in [2.05, 4.69) is 26.1 Å². The van der Waals surface area contributed by atoms with Gasteiger partial charge in [-0.05, 0) is 90.8 Å². The minimum absolute atomic E-state index is 0. The number of aliphatic hydroxyl groups is 3. The summed E-state index contributed by atoms with van der Waals surface area (Å²) in [5.41, 5.74) is 6.31. The van der Waals surface area contributed by atoms with Crippen LogP contribution in [0.15, 0.2) is 51.4 Å². The van der Waals surface area contributed by atoms with Crippen LogP contribution >= 0.6 is 0 Å². The lowest BCUT2D eigenvalue weighted by Crippen LogP contribution is -2.47. The fraction of sp³-hybridized carbons (Fsp3) is 0.702. The minimum atomic E-state index is -0.615. The van der Waals surface area contributed by atoms with Crippen LogP contribution < -0.4 is 20.7 Å². The lowest BCUT2D eigenvalue weighted by molar-refractivity contribution is -0.715. The molecule has 6 aliphatic rings.